The first-order valence-corrected chi connectivity index (χ1v) is 6.50. The predicted molar refractivity (Wildman–Crippen MR) is 69.4 cm³/mol. The lowest BCUT2D eigenvalue weighted by Crippen LogP contribution is -1.97. The van der Waals surface area contributed by atoms with Crippen molar-refractivity contribution in [2.24, 2.45) is 5.73 Å². The zero-order chi connectivity index (χ0) is 12.3. The molecule has 2 aromatic rings. The van der Waals surface area contributed by atoms with E-state index in [4.69, 9.17) is 5.73 Å². The highest BCUT2D eigenvalue weighted by Crippen LogP contribution is 2.28. The summed E-state index contributed by atoms with van der Waals surface area (Å²) in [7, 11) is 0. The summed E-state index contributed by atoms with van der Waals surface area (Å²) in [6.07, 6.45) is 1.97. The van der Waals surface area contributed by atoms with Crippen LogP contribution in [0.3, 0.4) is 0 Å². The zero-order valence-corrected chi connectivity index (χ0v) is 10.6. The second kappa shape index (κ2) is 5.38. The zero-order valence-electron chi connectivity index (χ0n) is 9.74. The Labute approximate surface area is 104 Å². The third-order valence-electron chi connectivity index (χ3n) is 2.52. The topological polar surface area (TPSA) is 38.9 Å². The SMILES string of the molecule is CCCc1nc(-c2cccc(F)c2)sc1CN. The van der Waals surface area contributed by atoms with Crippen LogP contribution in [0.4, 0.5) is 4.39 Å². The summed E-state index contributed by atoms with van der Waals surface area (Å²) in [5.41, 5.74) is 7.58. The molecule has 2 nitrogen and oxygen atoms in total. The molecule has 4 heteroatoms. The molecule has 2 rings (SSSR count). The standard InChI is InChI=1S/C13H15FN2S/c1-2-4-11-12(8-15)17-13(16-11)9-5-3-6-10(14)7-9/h3,5-7H,2,4,8,15H2,1H3. The molecule has 0 aliphatic carbocycles. The lowest BCUT2D eigenvalue weighted by atomic mass is 10.2. The molecule has 1 aromatic heterocycles. The Bertz CT molecular complexity index is 508. The number of nitrogens with two attached hydrogens (primary N) is 1. The molecule has 0 bridgehead atoms. The van der Waals surface area contributed by atoms with Crippen molar-refractivity contribution in [3.8, 4) is 10.6 Å². The summed E-state index contributed by atoms with van der Waals surface area (Å²) in [5.74, 6) is -0.232. The Kier molecular flexibility index (Phi) is 3.86. The number of aryl methyl sites for hydroxylation is 1. The molecule has 0 spiro atoms. The van der Waals surface area contributed by atoms with Gasteiger partial charge in [-0.25, -0.2) is 9.37 Å². The Morgan fingerprint density at radius 3 is 2.88 bits per heavy atom. The van der Waals surface area contributed by atoms with Crippen LogP contribution in [0.25, 0.3) is 10.6 Å². The molecule has 2 N–H and O–H groups in total. The van der Waals surface area contributed by atoms with Crippen LogP contribution in [-0.4, -0.2) is 4.98 Å². The summed E-state index contributed by atoms with van der Waals surface area (Å²) in [5, 5.41) is 0.855. The fourth-order valence-corrected chi connectivity index (χ4v) is 2.70. The number of benzene rings is 1. The molecule has 0 radical (unpaired) electrons. The van der Waals surface area contributed by atoms with Gasteiger partial charge in [-0.05, 0) is 18.6 Å². The molecular formula is C13H15FN2S. The lowest BCUT2D eigenvalue weighted by Gasteiger charge is -1.95. The molecular weight excluding hydrogens is 235 g/mol. The average molecular weight is 250 g/mol. The van der Waals surface area contributed by atoms with Crippen LogP contribution < -0.4 is 5.73 Å². The van der Waals surface area contributed by atoms with E-state index in [-0.39, 0.29) is 5.82 Å². The van der Waals surface area contributed by atoms with Crippen LogP contribution in [0.5, 0.6) is 0 Å². The predicted octanol–water partition coefficient (Wildman–Crippen LogP) is 3.36. The molecule has 1 heterocycles. The second-order valence-electron chi connectivity index (χ2n) is 3.85. The molecule has 0 amide bonds. The van der Waals surface area contributed by atoms with Crippen molar-refractivity contribution in [2.45, 2.75) is 26.3 Å². The van der Waals surface area contributed by atoms with Crippen LogP contribution in [0.1, 0.15) is 23.9 Å². The fraction of sp³-hybridized carbons (Fsp3) is 0.308. The van der Waals surface area contributed by atoms with Gasteiger partial charge in [0.15, 0.2) is 0 Å². The van der Waals surface area contributed by atoms with E-state index in [1.807, 2.05) is 6.07 Å². The first-order chi connectivity index (χ1) is 8.24. The molecule has 0 saturated carbocycles. The molecule has 0 atom stereocenters. The van der Waals surface area contributed by atoms with Gasteiger partial charge in [-0.15, -0.1) is 11.3 Å². The van der Waals surface area contributed by atoms with Gasteiger partial charge < -0.3 is 5.73 Å². The van der Waals surface area contributed by atoms with Crippen molar-refractivity contribution in [1.82, 2.24) is 4.98 Å². The smallest absolute Gasteiger partial charge is 0.124 e. The Morgan fingerprint density at radius 1 is 1.41 bits per heavy atom. The molecule has 0 fully saturated rings. The molecule has 17 heavy (non-hydrogen) atoms. The summed E-state index contributed by atoms with van der Waals surface area (Å²) < 4.78 is 13.1. The average Bonchev–Trinajstić information content (AvgIpc) is 2.73. The number of thiazole rings is 1. The number of halogens is 1. The maximum Gasteiger partial charge on any atom is 0.124 e. The van der Waals surface area contributed by atoms with Gasteiger partial charge in [-0.1, -0.05) is 25.5 Å². The fourth-order valence-electron chi connectivity index (χ4n) is 1.72. The maximum absolute atomic E-state index is 13.1. The third-order valence-corrected chi connectivity index (χ3v) is 3.69. The summed E-state index contributed by atoms with van der Waals surface area (Å²) in [6.45, 7) is 2.61. The number of hydrogen-bond donors (Lipinski definition) is 1. The quantitative estimate of drug-likeness (QED) is 0.903. The minimum atomic E-state index is -0.232. The third kappa shape index (κ3) is 2.70. The van der Waals surface area contributed by atoms with E-state index in [1.54, 1.807) is 17.4 Å². The molecule has 0 saturated heterocycles. The molecule has 1 aromatic carbocycles. The Morgan fingerprint density at radius 2 is 2.24 bits per heavy atom. The number of hydrogen-bond acceptors (Lipinski definition) is 3. The Hall–Kier alpha value is -1.26. The first-order valence-electron chi connectivity index (χ1n) is 5.69. The van der Waals surface area contributed by atoms with Crippen molar-refractivity contribution in [3.05, 3.63) is 40.7 Å². The van der Waals surface area contributed by atoms with E-state index in [0.717, 1.165) is 34.0 Å². The van der Waals surface area contributed by atoms with Crippen molar-refractivity contribution in [2.75, 3.05) is 0 Å². The van der Waals surface area contributed by atoms with E-state index >= 15 is 0 Å². The second-order valence-corrected chi connectivity index (χ2v) is 4.94. The minimum absolute atomic E-state index is 0.232. The van der Waals surface area contributed by atoms with E-state index in [9.17, 15) is 4.39 Å². The van der Waals surface area contributed by atoms with E-state index < -0.39 is 0 Å². The van der Waals surface area contributed by atoms with Gasteiger partial charge in [0.25, 0.3) is 0 Å². The van der Waals surface area contributed by atoms with Crippen LogP contribution in [0, 0.1) is 5.82 Å². The van der Waals surface area contributed by atoms with Gasteiger partial charge in [0.1, 0.15) is 10.8 Å². The van der Waals surface area contributed by atoms with E-state index in [2.05, 4.69) is 11.9 Å². The van der Waals surface area contributed by atoms with E-state index in [0.29, 0.717) is 6.54 Å². The highest BCUT2D eigenvalue weighted by Gasteiger charge is 2.11. The van der Waals surface area contributed by atoms with Crippen molar-refractivity contribution >= 4 is 11.3 Å². The highest BCUT2D eigenvalue weighted by molar-refractivity contribution is 7.15. The minimum Gasteiger partial charge on any atom is -0.326 e. The Balaban J connectivity index is 2.39. The summed E-state index contributed by atoms with van der Waals surface area (Å²) in [4.78, 5) is 5.66. The van der Waals surface area contributed by atoms with Crippen molar-refractivity contribution in [3.63, 3.8) is 0 Å². The van der Waals surface area contributed by atoms with E-state index in [1.165, 1.54) is 12.1 Å². The number of aromatic nitrogens is 1. The summed E-state index contributed by atoms with van der Waals surface area (Å²) in [6, 6.07) is 6.52. The molecule has 0 aliphatic heterocycles. The van der Waals surface area contributed by atoms with Crippen molar-refractivity contribution in [1.29, 1.82) is 0 Å². The van der Waals surface area contributed by atoms with Gasteiger partial charge in [-0.3, -0.25) is 0 Å². The van der Waals surface area contributed by atoms with Crippen molar-refractivity contribution < 1.29 is 4.39 Å². The maximum atomic E-state index is 13.1. The first kappa shape index (κ1) is 12.2. The molecule has 90 valence electrons. The van der Waals surface area contributed by atoms with Gasteiger partial charge in [0.05, 0.1) is 5.69 Å². The summed E-state index contributed by atoms with van der Waals surface area (Å²) >= 11 is 1.56. The monoisotopic (exact) mass is 250 g/mol. The number of rotatable bonds is 4. The molecule has 0 aliphatic rings. The number of nitrogens with zero attached hydrogens (tertiary/aromatic N) is 1. The van der Waals surface area contributed by atoms with Crippen LogP contribution in [0.15, 0.2) is 24.3 Å². The van der Waals surface area contributed by atoms with Gasteiger partial charge >= 0.3 is 0 Å². The molecule has 0 unspecified atom stereocenters. The largest absolute Gasteiger partial charge is 0.326 e. The van der Waals surface area contributed by atoms with Gasteiger partial charge in [0.2, 0.25) is 0 Å². The lowest BCUT2D eigenvalue weighted by molar-refractivity contribution is 0.628. The van der Waals surface area contributed by atoms with Crippen LogP contribution in [-0.2, 0) is 13.0 Å². The van der Waals surface area contributed by atoms with Gasteiger partial charge in [0, 0.05) is 17.0 Å². The normalized spacial score (nSPS) is 10.8. The van der Waals surface area contributed by atoms with Crippen LogP contribution in [0.2, 0.25) is 0 Å². The highest BCUT2D eigenvalue weighted by atomic mass is 32.1. The van der Waals surface area contributed by atoms with Gasteiger partial charge in [-0.2, -0.15) is 0 Å². The van der Waals surface area contributed by atoms with Crippen LogP contribution >= 0.6 is 11.3 Å².